The number of H-pyrrole nitrogens is 1. The van der Waals surface area contributed by atoms with Crippen LogP contribution in [0.3, 0.4) is 0 Å². The molecule has 0 spiro atoms. The van der Waals surface area contributed by atoms with E-state index in [0.717, 1.165) is 29.1 Å². The number of nitrogens with one attached hydrogen (secondary N) is 1. The van der Waals surface area contributed by atoms with Crippen LogP contribution in [0.15, 0.2) is 26.5 Å². The molecule has 0 radical (unpaired) electrons. The van der Waals surface area contributed by atoms with Crippen LogP contribution in [0.2, 0.25) is 0 Å². The van der Waals surface area contributed by atoms with Crippen molar-refractivity contribution in [3.63, 3.8) is 0 Å². The summed E-state index contributed by atoms with van der Waals surface area (Å²) in [6.45, 7) is 2.14. The Morgan fingerprint density at radius 2 is 2.25 bits per heavy atom. The van der Waals surface area contributed by atoms with Gasteiger partial charge in [0.05, 0.1) is 6.04 Å². The molecule has 1 aliphatic rings. The first-order valence-corrected chi connectivity index (χ1v) is 9.39. The Morgan fingerprint density at radius 1 is 1.45 bits per heavy atom. The lowest BCUT2D eigenvalue weighted by atomic mass is 10.2. The summed E-state index contributed by atoms with van der Waals surface area (Å²) < 4.78 is 27.2. The van der Waals surface area contributed by atoms with Crippen LogP contribution < -0.4 is 4.87 Å². The van der Waals surface area contributed by atoms with Crippen molar-refractivity contribution in [2.45, 2.75) is 30.0 Å². The van der Waals surface area contributed by atoms with E-state index >= 15 is 0 Å². The van der Waals surface area contributed by atoms with E-state index < -0.39 is 10.0 Å². The van der Waals surface area contributed by atoms with Crippen LogP contribution in [0, 0.1) is 6.92 Å². The number of thiophene rings is 1. The largest absolute Gasteiger partial charge is 0.315 e. The molecule has 2 aromatic heterocycles. The molecule has 1 aliphatic heterocycles. The summed E-state index contributed by atoms with van der Waals surface area (Å²) in [4.78, 5) is 14.6. The molecule has 3 heterocycles. The third-order valence-corrected chi connectivity index (χ3v) is 7.86. The number of thiazole rings is 1. The fourth-order valence-electron chi connectivity index (χ4n) is 2.54. The number of nitrogens with zero attached hydrogens (tertiary/aromatic N) is 1. The molecule has 0 amide bonds. The number of hydrogen-bond acceptors (Lipinski definition) is 5. The molecule has 0 saturated carbocycles. The van der Waals surface area contributed by atoms with Gasteiger partial charge in [0.15, 0.2) is 4.21 Å². The summed E-state index contributed by atoms with van der Waals surface area (Å²) in [6.07, 6.45) is 1.68. The lowest BCUT2D eigenvalue weighted by molar-refractivity contribution is 0.402. The van der Waals surface area contributed by atoms with E-state index in [2.05, 4.69) is 4.98 Å². The Balaban J connectivity index is 2.03. The Bertz CT molecular complexity index is 758. The van der Waals surface area contributed by atoms with Gasteiger partial charge in [0.25, 0.3) is 10.0 Å². The molecule has 1 N–H and O–H groups in total. The molecule has 0 aliphatic carbocycles. The molecule has 8 heteroatoms. The van der Waals surface area contributed by atoms with E-state index in [1.54, 1.807) is 18.3 Å². The van der Waals surface area contributed by atoms with Crippen molar-refractivity contribution in [3.8, 4) is 0 Å². The molecular formula is C12H14N2O3S3. The lowest BCUT2D eigenvalue weighted by Crippen LogP contribution is -2.30. The number of aromatic amines is 1. The maximum atomic E-state index is 12.8. The van der Waals surface area contributed by atoms with Gasteiger partial charge < -0.3 is 4.98 Å². The first kappa shape index (κ1) is 14.0. The maximum Gasteiger partial charge on any atom is 0.305 e. The number of hydrogen-bond donors (Lipinski definition) is 1. The Labute approximate surface area is 124 Å². The van der Waals surface area contributed by atoms with Crippen LogP contribution in [-0.4, -0.2) is 24.3 Å². The minimum Gasteiger partial charge on any atom is -0.315 e. The molecule has 1 atom stereocenters. The van der Waals surface area contributed by atoms with Crippen molar-refractivity contribution in [3.05, 3.63) is 37.8 Å². The maximum absolute atomic E-state index is 12.8. The fourth-order valence-corrected chi connectivity index (χ4v) is 6.56. The first-order valence-electron chi connectivity index (χ1n) is 6.25. The highest BCUT2D eigenvalue weighted by molar-refractivity contribution is 7.91. The average Bonchev–Trinajstić information content (AvgIpc) is 3.06. The number of sulfonamides is 1. The smallest absolute Gasteiger partial charge is 0.305 e. The highest BCUT2D eigenvalue weighted by atomic mass is 32.2. The Kier molecular flexibility index (Phi) is 3.57. The molecule has 20 heavy (non-hydrogen) atoms. The summed E-state index contributed by atoms with van der Waals surface area (Å²) in [6, 6.07) is 3.80. The quantitative estimate of drug-likeness (QED) is 0.939. The zero-order valence-electron chi connectivity index (χ0n) is 10.8. The normalized spacial score (nSPS) is 20.6. The lowest BCUT2D eigenvalue weighted by Gasteiger charge is -2.22. The van der Waals surface area contributed by atoms with Crippen molar-refractivity contribution in [1.82, 2.24) is 9.29 Å². The van der Waals surface area contributed by atoms with Gasteiger partial charge in [-0.1, -0.05) is 17.4 Å². The van der Waals surface area contributed by atoms with Crippen molar-refractivity contribution >= 4 is 32.7 Å². The van der Waals surface area contributed by atoms with Gasteiger partial charge in [0.1, 0.15) is 0 Å². The zero-order chi connectivity index (χ0) is 14.3. The standard InChI is InChI=1S/C12H14N2O3S3/c1-8-11(19-12(15)13-8)20(16,17)14-6-2-4-9(14)10-5-3-7-18-10/h3,5,7,9H,2,4,6H2,1H3,(H,13,15). The van der Waals surface area contributed by atoms with Gasteiger partial charge in [-0.25, -0.2) is 8.42 Å². The van der Waals surface area contributed by atoms with Gasteiger partial charge in [0, 0.05) is 17.1 Å². The molecule has 108 valence electrons. The minimum absolute atomic E-state index is 0.100. The van der Waals surface area contributed by atoms with Crippen molar-refractivity contribution in [2.24, 2.45) is 0 Å². The van der Waals surface area contributed by atoms with Gasteiger partial charge in [-0.05, 0) is 31.2 Å². The van der Waals surface area contributed by atoms with Gasteiger partial charge in [-0.2, -0.15) is 4.31 Å². The summed E-state index contributed by atoms with van der Waals surface area (Å²) >= 11 is 2.34. The Hall–Kier alpha value is -0.960. The van der Waals surface area contributed by atoms with Crippen LogP contribution in [0.25, 0.3) is 0 Å². The van der Waals surface area contributed by atoms with Gasteiger partial charge >= 0.3 is 4.87 Å². The second kappa shape index (κ2) is 5.10. The topological polar surface area (TPSA) is 70.2 Å². The van der Waals surface area contributed by atoms with E-state index in [-0.39, 0.29) is 15.1 Å². The molecule has 0 aromatic carbocycles. The fraction of sp³-hybridized carbons (Fsp3) is 0.417. The zero-order valence-corrected chi connectivity index (χ0v) is 13.3. The third-order valence-electron chi connectivity index (χ3n) is 3.40. The van der Waals surface area contributed by atoms with Crippen molar-refractivity contribution in [2.75, 3.05) is 6.54 Å². The van der Waals surface area contributed by atoms with E-state index in [1.807, 2.05) is 17.5 Å². The number of aryl methyl sites for hydroxylation is 1. The highest BCUT2D eigenvalue weighted by Gasteiger charge is 2.38. The summed E-state index contributed by atoms with van der Waals surface area (Å²) in [5.41, 5.74) is 0.428. The van der Waals surface area contributed by atoms with Crippen molar-refractivity contribution in [1.29, 1.82) is 0 Å². The molecule has 0 bridgehead atoms. The van der Waals surface area contributed by atoms with E-state index in [4.69, 9.17) is 0 Å². The molecular weight excluding hydrogens is 316 g/mol. The van der Waals surface area contributed by atoms with Gasteiger partial charge in [-0.3, -0.25) is 4.79 Å². The second-order valence-electron chi connectivity index (χ2n) is 4.72. The van der Waals surface area contributed by atoms with Crippen LogP contribution >= 0.6 is 22.7 Å². The Morgan fingerprint density at radius 3 is 2.85 bits per heavy atom. The molecule has 5 nitrogen and oxygen atoms in total. The van der Waals surface area contributed by atoms with E-state index in [0.29, 0.717) is 12.2 Å². The second-order valence-corrected chi connectivity index (χ2v) is 8.76. The van der Waals surface area contributed by atoms with Crippen LogP contribution in [0.1, 0.15) is 29.5 Å². The molecule has 3 rings (SSSR count). The first-order chi connectivity index (χ1) is 9.50. The predicted molar refractivity (Wildman–Crippen MR) is 79.9 cm³/mol. The van der Waals surface area contributed by atoms with Gasteiger partial charge in [-0.15, -0.1) is 11.3 Å². The molecule has 1 unspecified atom stereocenters. The average molecular weight is 330 g/mol. The van der Waals surface area contributed by atoms with Crippen LogP contribution in [-0.2, 0) is 10.0 Å². The molecule has 2 aromatic rings. The van der Waals surface area contributed by atoms with Crippen LogP contribution in [0.5, 0.6) is 0 Å². The number of aromatic nitrogens is 1. The van der Waals surface area contributed by atoms with Crippen molar-refractivity contribution < 1.29 is 8.42 Å². The minimum atomic E-state index is -3.60. The van der Waals surface area contributed by atoms with Crippen LogP contribution in [0.4, 0.5) is 0 Å². The monoisotopic (exact) mass is 330 g/mol. The summed E-state index contributed by atoms with van der Waals surface area (Å²) in [5, 5.41) is 1.96. The molecule has 1 saturated heterocycles. The number of rotatable bonds is 3. The summed E-state index contributed by atoms with van der Waals surface area (Å²) in [7, 11) is -3.60. The SMILES string of the molecule is Cc1[nH]c(=O)sc1S(=O)(=O)N1CCCC1c1cccs1. The van der Waals surface area contributed by atoms with E-state index in [9.17, 15) is 13.2 Å². The summed E-state index contributed by atoms with van der Waals surface area (Å²) in [5.74, 6) is 0. The third kappa shape index (κ3) is 2.26. The molecule has 1 fully saturated rings. The highest BCUT2D eigenvalue weighted by Crippen LogP contribution is 2.39. The predicted octanol–water partition coefficient (Wildman–Crippen LogP) is 2.33. The van der Waals surface area contributed by atoms with Gasteiger partial charge in [0.2, 0.25) is 0 Å². The van der Waals surface area contributed by atoms with E-state index in [1.165, 1.54) is 4.31 Å².